The van der Waals surface area contributed by atoms with Crippen LogP contribution in [-0.4, -0.2) is 27.9 Å². The summed E-state index contributed by atoms with van der Waals surface area (Å²) < 4.78 is 3.66. The molecule has 1 aliphatic rings. The number of nitrogens with one attached hydrogen (secondary N) is 1. The van der Waals surface area contributed by atoms with Crippen LogP contribution in [0.3, 0.4) is 0 Å². The monoisotopic (exact) mass is 259 g/mol. The van der Waals surface area contributed by atoms with Gasteiger partial charge in [-0.05, 0) is 36.2 Å². The first-order valence-corrected chi connectivity index (χ1v) is 6.73. The number of hydrogen-bond acceptors (Lipinski definition) is 4. The number of nitrogens with zero attached hydrogens (tertiary/aromatic N) is 2. The zero-order valence-corrected chi connectivity index (χ0v) is 10.4. The van der Waals surface area contributed by atoms with Crippen molar-refractivity contribution in [3.63, 3.8) is 0 Å². The van der Waals surface area contributed by atoms with Gasteiger partial charge in [0.05, 0.1) is 6.20 Å². The molecule has 0 aliphatic heterocycles. The molecule has 1 amide bonds. The van der Waals surface area contributed by atoms with Crippen molar-refractivity contribution in [3.05, 3.63) is 11.1 Å². The third-order valence-electron chi connectivity index (χ3n) is 3.12. The zero-order chi connectivity index (χ0) is 11.4. The largest absolute Gasteiger partial charge is 0.351 e. The van der Waals surface area contributed by atoms with Crippen molar-refractivity contribution in [1.82, 2.24) is 14.9 Å². The van der Waals surface area contributed by atoms with Gasteiger partial charge < -0.3 is 5.32 Å². The lowest BCUT2D eigenvalue weighted by molar-refractivity contribution is 0.0948. The van der Waals surface area contributed by atoms with Gasteiger partial charge in [0.15, 0.2) is 0 Å². The molecule has 1 heterocycles. The molecule has 1 saturated carbocycles. The van der Waals surface area contributed by atoms with Crippen molar-refractivity contribution in [3.8, 4) is 0 Å². The highest BCUT2D eigenvalue weighted by atomic mass is 35.5. The van der Waals surface area contributed by atoms with Crippen molar-refractivity contribution in [2.45, 2.75) is 19.3 Å². The number of carbonyl (C=O) groups is 1. The van der Waals surface area contributed by atoms with E-state index in [1.54, 1.807) is 0 Å². The molecule has 0 aromatic carbocycles. The smallest absolute Gasteiger partial charge is 0.264 e. The van der Waals surface area contributed by atoms with Gasteiger partial charge in [-0.25, -0.2) is 0 Å². The van der Waals surface area contributed by atoms with Crippen LogP contribution in [0.2, 0.25) is 0 Å². The highest BCUT2D eigenvalue weighted by Crippen LogP contribution is 2.31. The van der Waals surface area contributed by atoms with Crippen LogP contribution in [0.5, 0.6) is 0 Å². The number of hydrogen-bond donors (Lipinski definition) is 1. The normalized spacial score (nSPS) is 24.6. The Morgan fingerprint density at radius 3 is 3.06 bits per heavy atom. The van der Waals surface area contributed by atoms with Crippen LogP contribution in [-0.2, 0) is 0 Å². The van der Waals surface area contributed by atoms with E-state index in [4.69, 9.17) is 11.6 Å². The van der Waals surface area contributed by atoms with Crippen molar-refractivity contribution in [2.75, 3.05) is 12.4 Å². The van der Waals surface area contributed by atoms with E-state index in [2.05, 4.69) is 14.9 Å². The molecule has 0 spiro atoms. The maximum atomic E-state index is 11.6. The second-order valence-corrected chi connectivity index (χ2v) is 5.19. The molecule has 1 aromatic rings. The molecule has 88 valence electrons. The van der Waals surface area contributed by atoms with Gasteiger partial charge >= 0.3 is 0 Å². The molecule has 16 heavy (non-hydrogen) atoms. The molecule has 0 radical (unpaired) electrons. The highest BCUT2D eigenvalue weighted by molar-refractivity contribution is 7.07. The lowest BCUT2D eigenvalue weighted by Crippen LogP contribution is -2.30. The quantitative estimate of drug-likeness (QED) is 0.841. The first-order valence-electron chi connectivity index (χ1n) is 5.42. The summed E-state index contributed by atoms with van der Waals surface area (Å²) in [6, 6.07) is 0. The van der Waals surface area contributed by atoms with Crippen molar-refractivity contribution in [1.29, 1.82) is 0 Å². The van der Waals surface area contributed by atoms with Crippen LogP contribution >= 0.6 is 23.1 Å². The molecule has 1 N–H and O–H groups in total. The number of amides is 1. The lowest BCUT2D eigenvalue weighted by atomic mass is 9.98. The molecule has 0 bridgehead atoms. The lowest BCUT2D eigenvalue weighted by Gasteiger charge is -2.17. The molecule has 0 saturated heterocycles. The Bertz CT molecular complexity index is 344. The summed E-state index contributed by atoms with van der Waals surface area (Å²) >= 11 is 7.01. The fourth-order valence-corrected chi connectivity index (χ4v) is 3.00. The third-order valence-corrected chi connectivity index (χ3v) is 4.18. The van der Waals surface area contributed by atoms with E-state index in [0.29, 0.717) is 29.1 Å². The summed E-state index contributed by atoms with van der Waals surface area (Å²) in [6.07, 6.45) is 5.07. The third kappa shape index (κ3) is 2.71. The van der Waals surface area contributed by atoms with Crippen LogP contribution in [0.15, 0.2) is 6.20 Å². The molecule has 1 aliphatic carbocycles. The highest BCUT2D eigenvalue weighted by Gasteiger charge is 2.26. The summed E-state index contributed by atoms with van der Waals surface area (Å²) in [5, 5.41) is 6.56. The number of carbonyl (C=O) groups excluding carboxylic acids is 1. The minimum Gasteiger partial charge on any atom is -0.351 e. The van der Waals surface area contributed by atoms with Gasteiger partial charge in [0.2, 0.25) is 0 Å². The minimum absolute atomic E-state index is 0.0739. The molecule has 1 fully saturated rings. The topological polar surface area (TPSA) is 54.9 Å². The Labute approximate surface area is 104 Å². The van der Waals surface area contributed by atoms with Gasteiger partial charge in [-0.2, -0.15) is 0 Å². The summed E-state index contributed by atoms with van der Waals surface area (Å²) in [5.74, 6) is 1.71. The average molecular weight is 260 g/mol. The van der Waals surface area contributed by atoms with Crippen molar-refractivity contribution < 1.29 is 4.79 Å². The van der Waals surface area contributed by atoms with E-state index < -0.39 is 0 Å². The van der Waals surface area contributed by atoms with Crippen molar-refractivity contribution >= 4 is 29.0 Å². The summed E-state index contributed by atoms with van der Waals surface area (Å²) in [7, 11) is 0. The number of rotatable bonds is 4. The zero-order valence-electron chi connectivity index (χ0n) is 8.86. The SMILES string of the molecule is O=C(NCC1CCCC1CCl)c1cnns1. The fourth-order valence-electron chi connectivity index (χ4n) is 2.16. The number of alkyl halides is 1. The first-order chi connectivity index (χ1) is 7.81. The molecular weight excluding hydrogens is 246 g/mol. The first kappa shape index (κ1) is 11.8. The van der Waals surface area contributed by atoms with Gasteiger partial charge in [0.1, 0.15) is 4.88 Å². The Morgan fingerprint density at radius 2 is 2.38 bits per heavy atom. The van der Waals surface area contributed by atoms with Gasteiger partial charge in [0.25, 0.3) is 5.91 Å². The van der Waals surface area contributed by atoms with E-state index in [1.165, 1.54) is 25.5 Å². The van der Waals surface area contributed by atoms with Crippen LogP contribution in [0.25, 0.3) is 0 Å². The van der Waals surface area contributed by atoms with Crippen LogP contribution < -0.4 is 5.32 Å². The van der Waals surface area contributed by atoms with Gasteiger partial charge in [-0.3, -0.25) is 4.79 Å². The molecule has 2 atom stereocenters. The van der Waals surface area contributed by atoms with Gasteiger partial charge in [-0.1, -0.05) is 10.9 Å². The maximum Gasteiger partial charge on any atom is 0.264 e. The Kier molecular flexibility index (Phi) is 4.12. The second kappa shape index (κ2) is 5.59. The summed E-state index contributed by atoms with van der Waals surface area (Å²) in [6.45, 7) is 0.716. The Hall–Kier alpha value is -0.680. The Balaban J connectivity index is 1.81. The van der Waals surface area contributed by atoms with Crippen LogP contribution in [0, 0.1) is 11.8 Å². The molecule has 2 unspecified atom stereocenters. The molecule has 4 nitrogen and oxygen atoms in total. The standard InChI is InChI=1S/C10H14ClN3OS/c11-4-7-2-1-3-8(7)5-12-10(15)9-6-13-14-16-9/h6-8H,1-5H2,(H,12,15). The van der Waals surface area contributed by atoms with Crippen LogP contribution in [0.4, 0.5) is 0 Å². The average Bonchev–Trinajstić information content (AvgIpc) is 2.96. The second-order valence-electron chi connectivity index (χ2n) is 4.10. The predicted octanol–water partition coefficient (Wildman–Crippen LogP) is 1.92. The number of aromatic nitrogens is 2. The molecule has 6 heteroatoms. The molecule has 2 rings (SSSR count). The number of halogens is 1. The van der Waals surface area contributed by atoms with E-state index in [1.807, 2.05) is 0 Å². The summed E-state index contributed by atoms with van der Waals surface area (Å²) in [4.78, 5) is 12.2. The molecular formula is C10H14ClN3OS. The van der Waals surface area contributed by atoms with Crippen molar-refractivity contribution in [2.24, 2.45) is 11.8 Å². The van der Waals surface area contributed by atoms with E-state index >= 15 is 0 Å². The minimum atomic E-state index is -0.0739. The summed E-state index contributed by atoms with van der Waals surface area (Å²) in [5.41, 5.74) is 0. The van der Waals surface area contributed by atoms with Gasteiger partial charge in [-0.15, -0.1) is 16.7 Å². The van der Waals surface area contributed by atoms with E-state index in [9.17, 15) is 4.79 Å². The van der Waals surface area contributed by atoms with Gasteiger partial charge in [0, 0.05) is 12.4 Å². The predicted molar refractivity (Wildman–Crippen MR) is 63.8 cm³/mol. The molecule has 1 aromatic heterocycles. The van der Waals surface area contributed by atoms with E-state index in [0.717, 1.165) is 11.5 Å². The maximum absolute atomic E-state index is 11.6. The fraction of sp³-hybridized carbons (Fsp3) is 0.700. The Morgan fingerprint density at radius 1 is 1.56 bits per heavy atom. The van der Waals surface area contributed by atoms with Crippen LogP contribution in [0.1, 0.15) is 28.9 Å². The van der Waals surface area contributed by atoms with E-state index in [-0.39, 0.29) is 5.91 Å².